The van der Waals surface area contributed by atoms with Crippen molar-refractivity contribution in [3.8, 4) is 5.75 Å². The van der Waals surface area contributed by atoms with E-state index in [1.54, 1.807) is 13.8 Å². The van der Waals surface area contributed by atoms with Gasteiger partial charge >= 0.3 is 0 Å². The number of benzene rings is 1. The van der Waals surface area contributed by atoms with Crippen LogP contribution in [-0.4, -0.2) is 10.6 Å². The van der Waals surface area contributed by atoms with Crippen molar-refractivity contribution >= 4 is 17.2 Å². The highest BCUT2D eigenvalue weighted by Gasteiger charge is 2.22. The van der Waals surface area contributed by atoms with Gasteiger partial charge in [0.05, 0.1) is 0 Å². The molecule has 1 aromatic carbocycles. The van der Waals surface area contributed by atoms with Gasteiger partial charge in [0.2, 0.25) is 0 Å². The number of hydrogen-bond acceptors (Lipinski definition) is 2. The van der Waals surface area contributed by atoms with E-state index in [1.165, 1.54) is 0 Å². The van der Waals surface area contributed by atoms with Gasteiger partial charge in [0.1, 0.15) is 10.6 Å². The summed E-state index contributed by atoms with van der Waals surface area (Å²) in [5.41, 5.74) is 4.83. The van der Waals surface area contributed by atoms with Crippen LogP contribution in [0.15, 0.2) is 12.1 Å². The van der Waals surface area contributed by atoms with Crippen molar-refractivity contribution in [1.82, 2.24) is 0 Å². The molecule has 0 bridgehead atoms. The van der Waals surface area contributed by atoms with Crippen LogP contribution in [0, 0.1) is 11.6 Å². The molecule has 0 unspecified atom stereocenters. The minimum Gasteiger partial charge on any atom is -0.482 e. The molecule has 0 aliphatic rings. The van der Waals surface area contributed by atoms with E-state index in [1.807, 2.05) is 6.92 Å². The first-order valence-corrected chi connectivity index (χ1v) is 5.65. The Morgan fingerprint density at radius 2 is 1.82 bits per heavy atom. The van der Waals surface area contributed by atoms with Gasteiger partial charge in [0, 0.05) is 5.56 Å². The maximum Gasteiger partial charge on any atom is 0.191 e. The Morgan fingerprint density at radius 3 is 2.18 bits per heavy atom. The van der Waals surface area contributed by atoms with E-state index in [4.69, 9.17) is 10.5 Å². The minimum absolute atomic E-state index is 0.0518. The molecule has 0 saturated heterocycles. The van der Waals surface area contributed by atoms with Crippen LogP contribution in [0.2, 0.25) is 0 Å². The van der Waals surface area contributed by atoms with E-state index >= 15 is 0 Å². The van der Waals surface area contributed by atoms with Gasteiger partial charge in [-0.15, -0.1) is 0 Å². The van der Waals surface area contributed by atoms with Crippen LogP contribution in [0.5, 0.6) is 5.75 Å². The van der Waals surface area contributed by atoms with Crippen LogP contribution in [-0.2, 0) is 0 Å². The summed E-state index contributed by atoms with van der Waals surface area (Å²) in [4.78, 5) is -0.0518. The predicted octanol–water partition coefficient (Wildman–Crippen LogP) is 3.17. The summed E-state index contributed by atoms with van der Waals surface area (Å²) in [6, 6.07) is 2.15. The fraction of sp³-hybridized carbons (Fsp3) is 0.417. The van der Waals surface area contributed by atoms with Crippen molar-refractivity contribution in [2.24, 2.45) is 5.73 Å². The van der Waals surface area contributed by atoms with Crippen molar-refractivity contribution in [1.29, 1.82) is 0 Å². The number of hydrogen-bond donors (Lipinski definition) is 1. The molecule has 1 aromatic rings. The SMILES string of the molecule is CCC(C)(C)Oc1c(F)cc(C(N)=S)cc1F. The Morgan fingerprint density at radius 1 is 1.35 bits per heavy atom. The van der Waals surface area contributed by atoms with Crippen molar-refractivity contribution in [2.75, 3.05) is 0 Å². The van der Waals surface area contributed by atoms with Gasteiger partial charge in [-0.25, -0.2) is 8.78 Å². The summed E-state index contributed by atoms with van der Waals surface area (Å²) in [5, 5.41) is 0. The van der Waals surface area contributed by atoms with Crippen molar-refractivity contribution in [2.45, 2.75) is 32.8 Å². The van der Waals surface area contributed by atoms with Gasteiger partial charge in [0.25, 0.3) is 0 Å². The lowest BCUT2D eigenvalue weighted by Crippen LogP contribution is -2.28. The number of ether oxygens (including phenoxy) is 1. The predicted molar refractivity (Wildman–Crippen MR) is 67.2 cm³/mol. The first-order chi connectivity index (χ1) is 7.76. The molecule has 0 aromatic heterocycles. The van der Waals surface area contributed by atoms with Gasteiger partial charge < -0.3 is 10.5 Å². The molecule has 0 aliphatic carbocycles. The molecule has 0 heterocycles. The maximum absolute atomic E-state index is 13.7. The van der Waals surface area contributed by atoms with E-state index in [0.717, 1.165) is 12.1 Å². The molecule has 0 amide bonds. The molecule has 94 valence electrons. The topological polar surface area (TPSA) is 35.2 Å². The van der Waals surface area contributed by atoms with Crippen molar-refractivity contribution < 1.29 is 13.5 Å². The average molecular weight is 259 g/mol. The third-order valence-electron chi connectivity index (χ3n) is 2.51. The Labute approximate surface area is 105 Å². The van der Waals surface area contributed by atoms with Crippen molar-refractivity contribution in [3.05, 3.63) is 29.3 Å². The highest BCUT2D eigenvalue weighted by atomic mass is 32.1. The molecule has 0 fully saturated rings. The Bertz CT molecular complexity index is 423. The third-order valence-corrected chi connectivity index (χ3v) is 2.75. The lowest BCUT2D eigenvalue weighted by Gasteiger charge is -2.25. The second-order valence-corrected chi connectivity index (χ2v) is 4.79. The maximum atomic E-state index is 13.7. The first kappa shape index (κ1) is 13.8. The van der Waals surface area contributed by atoms with Crippen LogP contribution in [0.3, 0.4) is 0 Å². The normalized spacial score (nSPS) is 11.4. The molecule has 2 nitrogen and oxygen atoms in total. The fourth-order valence-electron chi connectivity index (χ4n) is 1.15. The summed E-state index contributed by atoms with van der Waals surface area (Å²) in [5.74, 6) is -1.99. The second kappa shape index (κ2) is 4.96. The van der Waals surface area contributed by atoms with Gasteiger partial charge in [-0.3, -0.25) is 0 Å². The van der Waals surface area contributed by atoms with Crippen LogP contribution < -0.4 is 10.5 Å². The summed E-state index contributed by atoms with van der Waals surface area (Å²) < 4.78 is 32.6. The fourth-order valence-corrected chi connectivity index (χ4v) is 1.27. The molecule has 0 saturated carbocycles. The number of nitrogens with two attached hydrogens (primary N) is 1. The first-order valence-electron chi connectivity index (χ1n) is 5.24. The lowest BCUT2D eigenvalue weighted by atomic mass is 10.1. The molecule has 0 radical (unpaired) electrons. The number of thiocarbonyl (C=S) groups is 1. The van der Waals surface area contributed by atoms with Crippen LogP contribution in [0.25, 0.3) is 0 Å². The van der Waals surface area contributed by atoms with E-state index in [0.29, 0.717) is 6.42 Å². The summed E-state index contributed by atoms with van der Waals surface area (Å²) in [6.45, 7) is 5.39. The quantitative estimate of drug-likeness (QED) is 0.844. The summed E-state index contributed by atoms with van der Waals surface area (Å²) in [6.07, 6.45) is 0.628. The zero-order chi connectivity index (χ0) is 13.2. The Hall–Kier alpha value is -1.23. The van der Waals surface area contributed by atoms with Gasteiger partial charge in [-0.05, 0) is 32.4 Å². The number of halogens is 2. The van der Waals surface area contributed by atoms with Crippen LogP contribution in [0.1, 0.15) is 32.8 Å². The standard InChI is InChI=1S/C12H15F2NOS/c1-4-12(2,3)16-10-8(13)5-7(11(15)17)6-9(10)14/h5-6H,4H2,1-3H3,(H2,15,17). The molecule has 17 heavy (non-hydrogen) atoms. The highest BCUT2D eigenvalue weighted by molar-refractivity contribution is 7.80. The van der Waals surface area contributed by atoms with Crippen molar-refractivity contribution in [3.63, 3.8) is 0 Å². The molecule has 1 rings (SSSR count). The smallest absolute Gasteiger partial charge is 0.191 e. The molecule has 0 atom stereocenters. The Balaban J connectivity index is 3.15. The van der Waals surface area contributed by atoms with E-state index in [2.05, 4.69) is 12.2 Å². The molecular weight excluding hydrogens is 244 g/mol. The number of rotatable bonds is 4. The monoisotopic (exact) mass is 259 g/mol. The lowest BCUT2D eigenvalue weighted by molar-refractivity contribution is 0.0935. The van der Waals surface area contributed by atoms with E-state index < -0.39 is 23.0 Å². The van der Waals surface area contributed by atoms with Gasteiger partial charge in [-0.2, -0.15) is 0 Å². The third kappa shape index (κ3) is 3.36. The zero-order valence-corrected chi connectivity index (χ0v) is 10.8. The summed E-state index contributed by atoms with van der Waals surface area (Å²) in [7, 11) is 0. The molecule has 0 aliphatic heterocycles. The largest absolute Gasteiger partial charge is 0.482 e. The van der Waals surface area contributed by atoms with Gasteiger partial charge in [-0.1, -0.05) is 19.1 Å². The molecular formula is C12H15F2NOS. The second-order valence-electron chi connectivity index (χ2n) is 4.35. The minimum atomic E-state index is -0.797. The van der Waals surface area contributed by atoms with Crippen LogP contribution >= 0.6 is 12.2 Å². The molecule has 5 heteroatoms. The molecule has 0 spiro atoms. The molecule has 2 N–H and O–H groups in total. The average Bonchev–Trinajstić information content (AvgIpc) is 2.23. The zero-order valence-electron chi connectivity index (χ0n) is 10.0. The summed E-state index contributed by atoms with van der Waals surface area (Å²) >= 11 is 4.66. The van der Waals surface area contributed by atoms with Crippen LogP contribution in [0.4, 0.5) is 8.78 Å². The van der Waals surface area contributed by atoms with E-state index in [9.17, 15) is 8.78 Å². The van der Waals surface area contributed by atoms with E-state index in [-0.39, 0.29) is 10.6 Å². The Kier molecular flexibility index (Phi) is 4.03. The highest BCUT2D eigenvalue weighted by Crippen LogP contribution is 2.28. The van der Waals surface area contributed by atoms with Gasteiger partial charge in [0.15, 0.2) is 17.4 Å².